The highest BCUT2D eigenvalue weighted by atomic mass is 35.5. The highest BCUT2D eigenvalue weighted by Crippen LogP contribution is 2.13. The predicted octanol–water partition coefficient (Wildman–Crippen LogP) is -2.09. The molecule has 98 valence electrons. The fourth-order valence-corrected chi connectivity index (χ4v) is 2.70. The van der Waals surface area contributed by atoms with E-state index >= 15 is 0 Å². The quantitative estimate of drug-likeness (QED) is 0.633. The van der Waals surface area contributed by atoms with Crippen molar-refractivity contribution in [1.82, 2.24) is 4.98 Å². The lowest BCUT2D eigenvalue weighted by atomic mass is 10.2. The van der Waals surface area contributed by atoms with Gasteiger partial charge in [0.25, 0.3) is 0 Å². The van der Waals surface area contributed by atoms with Crippen molar-refractivity contribution in [3.8, 4) is 0 Å². The molecular formula is C12H16ClN3OS. The summed E-state index contributed by atoms with van der Waals surface area (Å²) in [5.74, 6) is 0.578. The van der Waals surface area contributed by atoms with Crippen molar-refractivity contribution in [3.05, 3.63) is 40.0 Å². The van der Waals surface area contributed by atoms with E-state index in [1.165, 1.54) is 10.6 Å². The summed E-state index contributed by atoms with van der Waals surface area (Å²) in [6.45, 7) is 2.98. The number of hydrogen-bond donors (Lipinski definition) is 2. The van der Waals surface area contributed by atoms with Crippen LogP contribution in [0.1, 0.15) is 16.1 Å². The first-order chi connectivity index (χ1) is 8.22. The summed E-state index contributed by atoms with van der Waals surface area (Å²) in [5.41, 5.74) is 10.1. The molecule has 0 aromatic carbocycles. The second-order valence-corrected chi connectivity index (χ2v) is 4.82. The van der Waals surface area contributed by atoms with Crippen LogP contribution in [0.15, 0.2) is 23.8 Å². The van der Waals surface area contributed by atoms with E-state index in [2.05, 4.69) is 22.0 Å². The van der Waals surface area contributed by atoms with Crippen LogP contribution in [-0.4, -0.2) is 16.7 Å². The van der Waals surface area contributed by atoms with Crippen molar-refractivity contribution in [2.75, 3.05) is 12.3 Å². The van der Waals surface area contributed by atoms with Crippen LogP contribution in [0.3, 0.4) is 0 Å². The molecule has 0 amide bonds. The molecule has 4 nitrogen and oxygen atoms in total. The van der Waals surface area contributed by atoms with Crippen molar-refractivity contribution in [2.24, 2.45) is 0 Å². The van der Waals surface area contributed by atoms with Crippen LogP contribution in [0.4, 0.5) is 5.82 Å². The second kappa shape index (κ2) is 6.68. The minimum Gasteiger partial charge on any atom is -1.00 e. The zero-order valence-electron chi connectivity index (χ0n) is 10.1. The monoisotopic (exact) mass is 285 g/mol. The summed E-state index contributed by atoms with van der Waals surface area (Å²) in [4.78, 5) is 5.29. The minimum atomic E-state index is 0. The maximum Gasteiger partial charge on any atom is 0.225 e. The number of anilines is 1. The van der Waals surface area contributed by atoms with Gasteiger partial charge in [-0.05, 0) is 12.1 Å². The number of halogens is 1. The van der Waals surface area contributed by atoms with Gasteiger partial charge < -0.3 is 23.2 Å². The third-order valence-electron chi connectivity index (χ3n) is 2.76. The van der Waals surface area contributed by atoms with E-state index in [-0.39, 0.29) is 19.0 Å². The van der Waals surface area contributed by atoms with Crippen LogP contribution in [0, 0.1) is 6.92 Å². The van der Waals surface area contributed by atoms with Crippen molar-refractivity contribution in [3.63, 3.8) is 0 Å². The number of aliphatic hydroxyl groups excluding tert-OH is 1. The van der Waals surface area contributed by atoms with Gasteiger partial charge in [0.15, 0.2) is 12.2 Å². The van der Waals surface area contributed by atoms with Crippen molar-refractivity contribution in [1.29, 1.82) is 0 Å². The van der Waals surface area contributed by atoms with E-state index in [0.717, 1.165) is 12.1 Å². The third-order valence-corrected chi connectivity index (χ3v) is 3.91. The average molecular weight is 286 g/mol. The van der Waals surface area contributed by atoms with Crippen molar-refractivity contribution in [2.45, 2.75) is 19.9 Å². The average Bonchev–Trinajstić information content (AvgIpc) is 2.65. The van der Waals surface area contributed by atoms with Gasteiger partial charge in [-0.25, -0.2) is 4.98 Å². The Hall–Kier alpha value is -1.17. The molecule has 2 aromatic rings. The van der Waals surface area contributed by atoms with Gasteiger partial charge in [-0.15, -0.1) is 0 Å². The van der Waals surface area contributed by atoms with Gasteiger partial charge in [-0.1, -0.05) is 11.3 Å². The van der Waals surface area contributed by atoms with Gasteiger partial charge in [0, 0.05) is 26.1 Å². The largest absolute Gasteiger partial charge is 1.00 e. The number of nitrogens with two attached hydrogens (primary N) is 1. The Kier molecular flexibility index (Phi) is 5.53. The summed E-state index contributed by atoms with van der Waals surface area (Å²) >= 11 is 1.67. The first-order valence-electron chi connectivity index (χ1n) is 5.49. The van der Waals surface area contributed by atoms with Gasteiger partial charge in [0.2, 0.25) is 5.51 Å². The maximum atomic E-state index is 8.95. The SMILES string of the molecule is Cc1c(CCO)sc[n+]1Cc1cccnc1N.[Cl-]. The second-order valence-electron chi connectivity index (χ2n) is 3.88. The number of pyridine rings is 1. The van der Waals surface area contributed by atoms with Gasteiger partial charge in [0.1, 0.15) is 5.82 Å². The fraction of sp³-hybridized carbons (Fsp3) is 0.333. The highest BCUT2D eigenvalue weighted by Gasteiger charge is 2.16. The van der Waals surface area contributed by atoms with Crippen LogP contribution in [0.25, 0.3) is 0 Å². The summed E-state index contributed by atoms with van der Waals surface area (Å²) in [6.07, 6.45) is 2.41. The van der Waals surface area contributed by atoms with E-state index in [1.807, 2.05) is 12.1 Å². The molecule has 0 aliphatic heterocycles. The molecule has 0 radical (unpaired) electrons. The molecule has 18 heavy (non-hydrogen) atoms. The Labute approximate surface area is 117 Å². The normalized spacial score (nSPS) is 10.1. The molecule has 0 aliphatic rings. The predicted molar refractivity (Wildman–Crippen MR) is 67.8 cm³/mol. The standard InChI is InChI=1S/C12H16N3OS.ClH/c1-9-11(4-6-16)17-8-15(9)7-10-3-2-5-14-12(10)13;/h2-3,5,8,16H,4,6-7H2,1H3,(H2,13,14);1H/q+1;/p-1. The van der Waals surface area contributed by atoms with Crippen LogP contribution in [0.2, 0.25) is 0 Å². The van der Waals surface area contributed by atoms with Crippen LogP contribution in [0.5, 0.6) is 0 Å². The summed E-state index contributed by atoms with van der Waals surface area (Å²) in [5, 5.41) is 8.95. The molecular weight excluding hydrogens is 270 g/mol. The molecule has 0 spiro atoms. The number of nitrogens with zero attached hydrogens (tertiary/aromatic N) is 2. The third kappa shape index (κ3) is 3.19. The van der Waals surface area contributed by atoms with Gasteiger partial charge in [-0.3, -0.25) is 0 Å². The molecule has 0 fully saturated rings. The number of nitrogen functional groups attached to an aromatic ring is 1. The topological polar surface area (TPSA) is 63.0 Å². The highest BCUT2D eigenvalue weighted by molar-refractivity contribution is 7.09. The molecule has 0 unspecified atom stereocenters. The number of thiazole rings is 1. The lowest BCUT2D eigenvalue weighted by Gasteiger charge is -2.00. The molecule has 0 saturated heterocycles. The number of aromatic nitrogens is 2. The Bertz CT molecular complexity index is 516. The smallest absolute Gasteiger partial charge is 0.225 e. The zero-order valence-corrected chi connectivity index (χ0v) is 11.7. The van der Waals surface area contributed by atoms with Gasteiger partial charge in [-0.2, -0.15) is 4.57 Å². The number of aliphatic hydroxyl groups is 1. The summed E-state index contributed by atoms with van der Waals surface area (Å²) in [6, 6.07) is 3.88. The van der Waals surface area contributed by atoms with E-state index in [4.69, 9.17) is 10.8 Å². The Balaban J connectivity index is 0.00000162. The van der Waals surface area contributed by atoms with Crippen molar-refractivity contribution >= 4 is 17.2 Å². The van der Waals surface area contributed by atoms with E-state index in [0.29, 0.717) is 12.2 Å². The molecule has 2 aromatic heterocycles. The molecule has 0 aliphatic carbocycles. The summed E-state index contributed by atoms with van der Waals surface area (Å²) < 4.78 is 2.14. The molecule has 0 atom stereocenters. The van der Waals surface area contributed by atoms with Gasteiger partial charge in [0.05, 0.1) is 10.4 Å². The molecule has 0 bridgehead atoms. The maximum absolute atomic E-state index is 8.95. The summed E-state index contributed by atoms with van der Waals surface area (Å²) in [7, 11) is 0. The molecule has 3 N–H and O–H groups in total. The zero-order chi connectivity index (χ0) is 12.3. The Morgan fingerprint density at radius 1 is 1.50 bits per heavy atom. The van der Waals surface area contributed by atoms with E-state index < -0.39 is 0 Å². The van der Waals surface area contributed by atoms with E-state index in [1.54, 1.807) is 17.5 Å². The first kappa shape index (κ1) is 14.9. The van der Waals surface area contributed by atoms with Crippen LogP contribution in [-0.2, 0) is 13.0 Å². The van der Waals surface area contributed by atoms with E-state index in [9.17, 15) is 0 Å². The first-order valence-corrected chi connectivity index (χ1v) is 6.37. The van der Waals surface area contributed by atoms with Crippen molar-refractivity contribution < 1.29 is 22.1 Å². The molecule has 2 heterocycles. The lowest BCUT2D eigenvalue weighted by molar-refractivity contribution is -0.689. The minimum absolute atomic E-state index is 0. The lowest BCUT2D eigenvalue weighted by Crippen LogP contribution is -3.00. The van der Waals surface area contributed by atoms with Gasteiger partial charge >= 0.3 is 0 Å². The van der Waals surface area contributed by atoms with Crippen LogP contribution < -0.4 is 22.7 Å². The molecule has 6 heteroatoms. The number of rotatable bonds is 4. The molecule has 0 saturated carbocycles. The number of hydrogen-bond acceptors (Lipinski definition) is 4. The Morgan fingerprint density at radius 2 is 2.28 bits per heavy atom. The fourth-order valence-electron chi connectivity index (χ4n) is 1.72. The van der Waals surface area contributed by atoms with Crippen LogP contribution >= 0.6 is 11.3 Å². The molecule has 2 rings (SSSR count). The Morgan fingerprint density at radius 3 is 2.94 bits per heavy atom.